The van der Waals surface area contributed by atoms with Gasteiger partial charge in [-0.25, -0.2) is 0 Å². The molecule has 2 rings (SSSR count). The summed E-state index contributed by atoms with van der Waals surface area (Å²) < 4.78 is 5.33. The van der Waals surface area contributed by atoms with E-state index in [4.69, 9.17) is 10.5 Å². The number of hydrogen-bond donors (Lipinski definition) is 1. The molecule has 0 bridgehead atoms. The number of carbonyl (C=O) groups is 1. The van der Waals surface area contributed by atoms with Crippen molar-refractivity contribution >= 4 is 11.6 Å². The number of carbonyl (C=O) groups excluding carboxylic acids is 1. The zero-order valence-electron chi connectivity index (χ0n) is 12.3. The van der Waals surface area contributed by atoms with Crippen LogP contribution >= 0.6 is 0 Å². The summed E-state index contributed by atoms with van der Waals surface area (Å²) in [7, 11) is 3.58. The fourth-order valence-electron chi connectivity index (χ4n) is 2.54. The summed E-state index contributed by atoms with van der Waals surface area (Å²) in [6, 6.07) is 5.62. The normalized spacial score (nSPS) is 14.8. The molecule has 2 N–H and O–H groups in total. The number of methoxy groups -OCH3 is 1. The maximum absolute atomic E-state index is 12.1. The van der Waals surface area contributed by atoms with Crippen LogP contribution in [0.5, 0.6) is 5.75 Å². The van der Waals surface area contributed by atoms with Crippen LogP contribution in [0.1, 0.15) is 18.4 Å². The number of likely N-dealkylation sites (tertiary alicyclic amines) is 1. The Morgan fingerprint density at radius 2 is 2.10 bits per heavy atom. The molecule has 0 aromatic heterocycles. The molecule has 0 atom stereocenters. The molecule has 1 aliphatic heterocycles. The number of likely N-dealkylation sites (N-methyl/N-ethyl adjacent to an activating group) is 1. The summed E-state index contributed by atoms with van der Waals surface area (Å²) in [5.41, 5.74) is 7.46. The molecule has 1 aromatic carbocycles. The Kier molecular flexibility index (Phi) is 4.84. The number of anilines is 1. The van der Waals surface area contributed by atoms with Crippen molar-refractivity contribution in [3.63, 3.8) is 0 Å². The van der Waals surface area contributed by atoms with Crippen molar-refractivity contribution in [2.24, 2.45) is 0 Å². The smallest absolute Gasteiger partial charge is 0.236 e. The van der Waals surface area contributed by atoms with E-state index in [1.807, 2.05) is 35.0 Å². The summed E-state index contributed by atoms with van der Waals surface area (Å²) in [6.07, 6.45) is 2.25. The summed E-state index contributed by atoms with van der Waals surface area (Å²) in [5.74, 6) is 0.977. The number of nitrogens with zero attached hydrogens (tertiary/aromatic N) is 2. The SMILES string of the molecule is COc1cc(N)ccc1CN(C)CC(=O)N1CCCC1. The van der Waals surface area contributed by atoms with Gasteiger partial charge in [0.2, 0.25) is 5.91 Å². The molecule has 110 valence electrons. The van der Waals surface area contributed by atoms with Crippen LogP contribution in [-0.4, -0.2) is 49.5 Å². The second-order valence-corrected chi connectivity index (χ2v) is 5.33. The van der Waals surface area contributed by atoms with E-state index in [1.165, 1.54) is 0 Å². The van der Waals surface area contributed by atoms with Crippen LogP contribution in [0.25, 0.3) is 0 Å². The molecule has 1 aliphatic rings. The lowest BCUT2D eigenvalue weighted by molar-refractivity contribution is -0.131. The highest BCUT2D eigenvalue weighted by molar-refractivity contribution is 5.78. The molecule has 1 amide bonds. The van der Waals surface area contributed by atoms with E-state index in [0.29, 0.717) is 18.8 Å². The quantitative estimate of drug-likeness (QED) is 0.825. The van der Waals surface area contributed by atoms with Crippen molar-refractivity contribution in [2.75, 3.05) is 39.5 Å². The first-order chi connectivity index (χ1) is 9.60. The van der Waals surface area contributed by atoms with E-state index < -0.39 is 0 Å². The summed E-state index contributed by atoms with van der Waals surface area (Å²) >= 11 is 0. The van der Waals surface area contributed by atoms with Crippen LogP contribution in [0.4, 0.5) is 5.69 Å². The minimum absolute atomic E-state index is 0.208. The zero-order chi connectivity index (χ0) is 14.5. The van der Waals surface area contributed by atoms with Gasteiger partial charge in [-0.2, -0.15) is 0 Å². The van der Waals surface area contributed by atoms with Gasteiger partial charge in [-0.05, 0) is 26.0 Å². The highest BCUT2D eigenvalue weighted by Gasteiger charge is 2.19. The number of nitrogen functional groups attached to an aromatic ring is 1. The lowest BCUT2D eigenvalue weighted by Crippen LogP contribution is -2.37. The van der Waals surface area contributed by atoms with Crippen molar-refractivity contribution in [3.8, 4) is 5.75 Å². The first-order valence-electron chi connectivity index (χ1n) is 6.99. The second-order valence-electron chi connectivity index (χ2n) is 5.33. The van der Waals surface area contributed by atoms with E-state index in [0.717, 1.165) is 37.2 Å². The van der Waals surface area contributed by atoms with Gasteiger partial charge in [0.05, 0.1) is 13.7 Å². The molecule has 0 radical (unpaired) electrons. The molecule has 1 fully saturated rings. The monoisotopic (exact) mass is 277 g/mol. The number of benzene rings is 1. The van der Waals surface area contributed by atoms with Crippen molar-refractivity contribution in [1.82, 2.24) is 9.80 Å². The topological polar surface area (TPSA) is 58.8 Å². The van der Waals surface area contributed by atoms with Crippen molar-refractivity contribution in [3.05, 3.63) is 23.8 Å². The molecule has 1 aromatic rings. The van der Waals surface area contributed by atoms with Crippen LogP contribution < -0.4 is 10.5 Å². The Balaban J connectivity index is 1.93. The maximum atomic E-state index is 12.1. The molecule has 1 saturated heterocycles. The molecule has 5 heteroatoms. The average molecular weight is 277 g/mol. The lowest BCUT2D eigenvalue weighted by Gasteiger charge is -2.22. The molecule has 0 saturated carbocycles. The predicted octanol–water partition coefficient (Wildman–Crippen LogP) is 1.33. The van der Waals surface area contributed by atoms with Gasteiger partial charge in [0.15, 0.2) is 0 Å². The number of amides is 1. The van der Waals surface area contributed by atoms with Crippen LogP contribution in [0.2, 0.25) is 0 Å². The lowest BCUT2D eigenvalue weighted by atomic mass is 10.1. The minimum Gasteiger partial charge on any atom is -0.496 e. The third-order valence-electron chi connectivity index (χ3n) is 3.62. The van der Waals surface area contributed by atoms with E-state index in [2.05, 4.69) is 0 Å². The first-order valence-corrected chi connectivity index (χ1v) is 6.99. The number of nitrogens with two attached hydrogens (primary N) is 1. The van der Waals surface area contributed by atoms with E-state index in [9.17, 15) is 4.79 Å². The number of rotatable bonds is 5. The van der Waals surface area contributed by atoms with E-state index in [1.54, 1.807) is 7.11 Å². The average Bonchev–Trinajstić information content (AvgIpc) is 2.94. The zero-order valence-corrected chi connectivity index (χ0v) is 12.3. The van der Waals surface area contributed by atoms with Gasteiger partial charge < -0.3 is 15.4 Å². The predicted molar refractivity (Wildman–Crippen MR) is 79.6 cm³/mol. The van der Waals surface area contributed by atoms with E-state index >= 15 is 0 Å². The molecule has 1 heterocycles. The van der Waals surface area contributed by atoms with Gasteiger partial charge in [0.1, 0.15) is 5.75 Å². The van der Waals surface area contributed by atoms with Gasteiger partial charge >= 0.3 is 0 Å². The molecule has 0 aliphatic carbocycles. The molecule has 0 unspecified atom stereocenters. The van der Waals surface area contributed by atoms with Gasteiger partial charge in [0, 0.05) is 37.0 Å². The van der Waals surface area contributed by atoms with Crippen LogP contribution in [0.3, 0.4) is 0 Å². The Morgan fingerprint density at radius 3 is 2.75 bits per heavy atom. The summed E-state index contributed by atoms with van der Waals surface area (Å²) in [4.78, 5) is 16.0. The first kappa shape index (κ1) is 14.7. The van der Waals surface area contributed by atoms with Gasteiger partial charge in [-0.3, -0.25) is 9.69 Å². The highest BCUT2D eigenvalue weighted by Crippen LogP contribution is 2.22. The van der Waals surface area contributed by atoms with Gasteiger partial charge in [0.25, 0.3) is 0 Å². The fraction of sp³-hybridized carbons (Fsp3) is 0.533. The third-order valence-corrected chi connectivity index (χ3v) is 3.62. The Bertz CT molecular complexity index is 470. The van der Waals surface area contributed by atoms with Gasteiger partial charge in [-0.15, -0.1) is 0 Å². The van der Waals surface area contributed by atoms with E-state index in [-0.39, 0.29) is 5.91 Å². The Hall–Kier alpha value is -1.75. The summed E-state index contributed by atoms with van der Waals surface area (Å²) in [6.45, 7) is 2.91. The third kappa shape index (κ3) is 3.63. The molecule has 0 spiro atoms. The largest absolute Gasteiger partial charge is 0.496 e. The Morgan fingerprint density at radius 1 is 1.40 bits per heavy atom. The Labute approximate surface area is 120 Å². The number of hydrogen-bond acceptors (Lipinski definition) is 4. The van der Waals surface area contributed by atoms with Crippen molar-refractivity contribution in [2.45, 2.75) is 19.4 Å². The number of ether oxygens (including phenoxy) is 1. The maximum Gasteiger partial charge on any atom is 0.236 e. The van der Waals surface area contributed by atoms with Crippen LogP contribution in [0.15, 0.2) is 18.2 Å². The standard InChI is InChI=1S/C15H23N3O2/c1-17(11-15(19)18-7-3-4-8-18)10-12-5-6-13(16)9-14(12)20-2/h5-6,9H,3-4,7-8,10-11,16H2,1-2H3. The molecular formula is C15H23N3O2. The van der Waals surface area contributed by atoms with Gasteiger partial charge in [-0.1, -0.05) is 6.07 Å². The van der Waals surface area contributed by atoms with Crippen molar-refractivity contribution in [1.29, 1.82) is 0 Å². The van der Waals surface area contributed by atoms with Crippen LogP contribution in [0, 0.1) is 0 Å². The molecular weight excluding hydrogens is 254 g/mol. The van der Waals surface area contributed by atoms with Crippen LogP contribution in [-0.2, 0) is 11.3 Å². The summed E-state index contributed by atoms with van der Waals surface area (Å²) in [5, 5.41) is 0. The second kappa shape index (κ2) is 6.61. The molecule has 5 nitrogen and oxygen atoms in total. The minimum atomic E-state index is 0.208. The van der Waals surface area contributed by atoms with Crippen molar-refractivity contribution < 1.29 is 9.53 Å². The fourth-order valence-corrected chi connectivity index (χ4v) is 2.54. The highest BCUT2D eigenvalue weighted by atomic mass is 16.5. The molecule has 20 heavy (non-hydrogen) atoms.